The minimum atomic E-state index is -0.0572. The minimum Gasteiger partial charge on any atom is -0.383 e. The molecule has 4 N–H and O–H groups in total. The van der Waals surface area contributed by atoms with Gasteiger partial charge in [0.25, 0.3) is 5.91 Å². The molecule has 1 amide bonds. The smallest absolute Gasteiger partial charge is 0.253 e. The summed E-state index contributed by atoms with van der Waals surface area (Å²) in [6.07, 6.45) is 1.57. The van der Waals surface area contributed by atoms with Crippen molar-refractivity contribution in [1.82, 2.24) is 30.0 Å². The Bertz CT molecular complexity index is 901. The summed E-state index contributed by atoms with van der Waals surface area (Å²) in [4.78, 5) is 26.1. The molecule has 3 rings (SSSR count). The lowest BCUT2D eigenvalue weighted by Gasteiger charge is -2.11. The zero-order valence-corrected chi connectivity index (χ0v) is 14.1. The molecule has 0 saturated heterocycles. The zero-order chi connectivity index (χ0) is 18.0. The maximum absolute atomic E-state index is 11.9. The average Bonchev–Trinajstić information content (AvgIpc) is 3.01. The summed E-state index contributed by atoms with van der Waals surface area (Å²) < 4.78 is 0. The summed E-state index contributed by atoms with van der Waals surface area (Å²) in [6, 6.07) is 7.03. The summed E-state index contributed by atoms with van der Waals surface area (Å²) in [5, 5.41) is 9.85. The normalized spacial score (nSPS) is 10.5. The second-order valence-corrected chi connectivity index (χ2v) is 5.64. The molecule has 0 fully saturated rings. The molecule has 0 spiro atoms. The van der Waals surface area contributed by atoms with Crippen LogP contribution in [-0.2, 0) is 0 Å². The van der Waals surface area contributed by atoms with Crippen molar-refractivity contribution in [3.8, 4) is 11.4 Å². The molecule has 0 aliphatic rings. The largest absolute Gasteiger partial charge is 0.383 e. The van der Waals surface area contributed by atoms with E-state index in [1.165, 1.54) is 4.90 Å². The lowest BCUT2D eigenvalue weighted by Crippen LogP contribution is -2.21. The Balaban J connectivity index is 1.77. The number of nitrogens with zero attached hydrogens (tertiary/aromatic N) is 5. The predicted molar refractivity (Wildman–Crippen MR) is 94.3 cm³/mol. The first-order chi connectivity index (χ1) is 11.9. The molecule has 2 heterocycles. The standard InChI is InChI=1S/C16H18N8O/c1-9-19-14(23-22-9)12-8-18-16(21-13(12)17)20-11-6-4-10(5-7-11)15(25)24(2)3/h4-8H,1-3H3,(H,19,22,23)(H3,17,18,20,21). The van der Waals surface area contributed by atoms with Crippen molar-refractivity contribution in [2.24, 2.45) is 0 Å². The fourth-order valence-corrected chi connectivity index (χ4v) is 2.17. The number of hydrogen-bond acceptors (Lipinski definition) is 7. The summed E-state index contributed by atoms with van der Waals surface area (Å²) in [6.45, 7) is 1.80. The van der Waals surface area contributed by atoms with Gasteiger partial charge in [-0.15, -0.1) is 0 Å². The van der Waals surface area contributed by atoms with E-state index in [2.05, 4.69) is 30.5 Å². The number of nitrogens with one attached hydrogen (secondary N) is 2. The van der Waals surface area contributed by atoms with E-state index in [0.29, 0.717) is 28.7 Å². The summed E-state index contributed by atoms with van der Waals surface area (Å²) in [5.41, 5.74) is 7.89. The van der Waals surface area contributed by atoms with Crippen LogP contribution in [-0.4, -0.2) is 50.1 Å². The number of anilines is 3. The van der Waals surface area contributed by atoms with Gasteiger partial charge in [0.1, 0.15) is 11.6 Å². The van der Waals surface area contributed by atoms with Crippen LogP contribution in [0.3, 0.4) is 0 Å². The van der Waals surface area contributed by atoms with Gasteiger partial charge >= 0.3 is 0 Å². The third-order valence-electron chi connectivity index (χ3n) is 3.45. The van der Waals surface area contributed by atoms with Crippen LogP contribution in [0.2, 0.25) is 0 Å². The van der Waals surface area contributed by atoms with E-state index in [0.717, 1.165) is 5.69 Å². The van der Waals surface area contributed by atoms with Crippen molar-refractivity contribution in [2.75, 3.05) is 25.1 Å². The number of carbonyl (C=O) groups excluding carboxylic acids is 1. The Morgan fingerprint density at radius 2 is 1.92 bits per heavy atom. The van der Waals surface area contributed by atoms with E-state index < -0.39 is 0 Å². The van der Waals surface area contributed by atoms with Crippen molar-refractivity contribution < 1.29 is 4.79 Å². The van der Waals surface area contributed by atoms with Gasteiger partial charge in [0.2, 0.25) is 5.95 Å². The molecule has 25 heavy (non-hydrogen) atoms. The fourth-order valence-electron chi connectivity index (χ4n) is 2.17. The van der Waals surface area contributed by atoms with Crippen LogP contribution in [0.5, 0.6) is 0 Å². The number of nitrogens with two attached hydrogens (primary N) is 1. The first-order valence-electron chi connectivity index (χ1n) is 7.54. The maximum atomic E-state index is 11.9. The molecule has 0 bridgehead atoms. The van der Waals surface area contributed by atoms with Crippen LogP contribution in [0.25, 0.3) is 11.4 Å². The van der Waals surface area contributed by atoms with Crippen molar-refractivity contribution in [1.29, 1.82) is 0 Å². The number of aromatic nitrogens is 5. The Morgan fingerprint density at radius 1 is 1.20 bits per heavy atom. The van der Waals surface area contributed by atoms with Crippen molar-refractivity contribution in [2.45, 2.75) is 6.92 Å². The highest BCUT2D eigenvalue weighted by Crippen LogP contribution is 2.22. The number of hydrogen-bond donors (Lipinski definition) is 3. The number of H-pyrrole nitrogens is 1. The van der Waals surface area contributed by atoms with Gasteiger partial charge in [-0.2, -0.15) is 10.1 Å². The minimum absolute atomic E-state index is 0.0572. The number of amides is 1. The molecule has 0 aliphatic heterocycles. The van der Waals surface area contributed by atoms with E-state index in [1.807, 2.05) is 0 Å². The van der Waals surface area contributed by atoms with E-state index in [9.17, 15) is 4.79 Å². The summed E-state index contributed by atoms with van der Waals surface area (Å²) in [5.74, 6) is 1.70. The zero-order valence-electron chi connectivity index (χ0n) is 14.1. The lowest BCUT2D eigenvalue weighted by molar-refractivity contribution is 0.0827. The second kappa shape index (κ2) is 6.56. The van der Waals surface area contributed by atoms with Gasteiger partial charge in [0.05, 0.1) is 5.56 Å². The van der Waals surface area contributed by atoms with Gasteiger partial charge in [-0.25, -0.2) is 9.97 Å². The third kappa shape index (κ3) is 3.55. The Morgan fingerprint density at radius 3 is 2.48 bits per heavy atom. The quantitative estimate of drug-likeness (QED) is 0.659. The Labute approximate surface area is 144 Å². The fraction of sp³-hybridized carbons (Fsp3) is 0.188. The molecular formula is C16H18N8O. The molecular weight excluding hydrogens is 320 g/mol. The number of rotatable bonds is 4. The van der Waals surface area contributed by atoms with Crippen LogP contribution in [0, 0.1) is 6.92 Å². The summed E-state index contributed by atoms with van der Waals surface area (Å²) in [7, 11) is 3.42. The molecule has 9 heteroatoms. The Hall–Kier alpha value is -3.49. The predicted octanol–water partition coefficient (Wildman–Crippen LogP) is 1.60. The molecule has 128 valence electrons. The van der Waals surface area contributed by atoms with Crippen LogP contribution in [0.15, 0.2) is 30.5 Å². The highest BCUT2D eigenvalue weighted by molar-refractivity contribution is 5.94. The van der Waals surface area contributed by atoms with E-state index in [-0.39, 0.29) is 11.7 Å². The lowest BCUT2D eigenvalue weighted by atomic mass is 10.2. The second-order valence-electron chi connectivity index (χ2n) is 5.64. The average molecular weight is 338 g/mol. The highest BCUT2D eigenvalue weighted by atomic mass is 16.2. The van der Waals surface area contributed by atoms with E-state index in [4.69, 9.17) is 5.73 Å². The molecule has 0 saturated carbocycles. The topological polar surface area (TPSA) is 126 Å². The van der Waals surface area contributed by atoms with E-state index in [1.54, 1.807) is 51.5 Å². The third-order valence-corrected chi connectivity index (χ3v) is 3.45. The molecule has 0 aliphatic carbocycles. The van der Waals surface area contributed by atoms with Gasteiger partial charge in [0.15, 0.2) is 5.82 Å². The number of nitrogen functional groups attached to an aromatic ring is 1. The van der Waals surface area contributed by atoms with Gasteiger partial charge < -0.3 is 16.0 Å². The number of benzene rings is 1. The molecule has 3 aromatic rings. The molecule has 9 nitrogen and oxygen atoms in total. The Kier molecular flexibility index (Phi) is 4.29. The van der Waals surface area contributed by atoms with Gasteiger partial charge in [0, 0.05) is 31.5 Å². The van der Waals surface area contributed by atoms with Crippen LogP contribution >= 0.6 is 0 Å². The first-order valence-corrected chi connectivity index (χ1v) is 7.54. The molecule has 2 aromatic heterocycles. The van der Waals surface area contributed by atoms with Crippen molar-refractivity contribution >= 4 is 23.4 Å². The van der Waals surface area contributed by atoms with Crippen LogP contribution in [0.1, 0.15) is 16.2 Å². The number of aromatic amines is 1. The molecule has 0 radical (unpaired) electrons. The van der Waals surface area contributed by atoms with E-state index >= 15 is 0 Å². The molecule has 1 aromatic carbocycles. The monoisotopic (exact) mass is 338 g/mol. The number of aryl methyl sites for hydroxylation is 1. The number of carbonyl (C=O) groups is 1. The van der Waals surface area contributed by atoms with Crippen molar-refractivity contribution in [3.05, 3.63) is 41.9 Å². The van der Waals surface area contributed by atoms with Gasteiger partial charge in [-0.3, -0.25) is 9.89 Å². The van der Waals surface area contributed by atoms with Gasteiger partial charge in [-0.1, -0.05) is 0 Å². The van der Waals surface area contributed by atoms with Crippen LogP contribution in [0.4, 0.5) is 17.5 Å². The van der Waals surface area contributed by atoms with Gasteiger partial charge in [-0.05, 0) is 31.2 Å². The van der Waals surface area contributed by atoms with Crippen molar-refractivity contribution in [3.63, 3.8) is 0 Å². The molecule has 0 unspecified atom stereocenters. The SMILES string of the molecule is Cc1nc(-c2cnc(Nc3ccc(C(=O)N(C)C)cc3)nc2N)n[nH]1. The first kappa shape index (κ1) is 16.4. The van der Waals surface area contributed by atoms with Crippen LogP contribution < -0.4 is 11.1 Å². The maximum Gasteiger partial charge on any atom is 0.253 e. The highest BCUT2D eigenvalue weighted by Gasteiger charge is 2.12. The molecule has 0 atom stereocenters. The summed E-state index contributed by atoms with van der Waals surface area (Å²) >= 11 is 0.